The molecule has 0 bridgehead atoms. The number of epoxide rings is 1. The van der Waals surface area contributed by atoms with E-state index in [0.29, 0.717) is 6.10 Å². The van der Waals surface area contributed by atoms with Gasteiger partial charge in [0, 0.05) is 23.9 Å². The van der Waals surface area contributed by atoms with Crippen LogP contribution in [-0.4, -0.2) is 99.7 Å². The van der Waals surface area contributed by atoms with Gasteiger partial charge in [-0.1, -0.05) is 0 Å². The van der Waals surface area contributed by atoms with Crippen molar-refractivity contribution in [1.29, 1.82) is 0 Å². The maximum atomic E-state index is 9.38. The SMILES string of the molecule is CC1CO1.CCOC(=O)O.CCOC(=O)O.CO.O.O.O.O.O=C=O.O=P.[CH2+]C[CH2+].[CH2+]C[CH2+].[CH2+]C[CH2+].[CH2+]C[CH2+].[CH2+]C[CH2+].[CH2+]C[CH2+].[CH3-].[CH3-].[CH3-].[CH3-].[CH3-].[CH3-].[CH3-].[CH3-].[CH3-].[Co+2].[Co+2].[Co].[OH-].[OH-]. The molecule has 0 spiro atoms. The van der Waals surface area contributed by atoms with Gasteiger partial charge in [-0.2, -0.15) is 9.59 Å². The first-order chi connectivity index (χ1) is 19.3. The van der Waals surface area contributed by atoms with Gasteiger partial charge in [0.15, 0.2) is 0 Å². The maximum absolute atomic E-state index is 9.38. The van der Waals surface area contributed by atoms with E-state index in [2.05, 4.69) is 99.5 Å². The van der Waals surface area contributed by atoms with Gasteiger partial charge < -0.3 is 129 Å². The number of aliphatic hydroxyl groups is 1. The Labute approximate surface area is 404 Å². The number of carboxylic acid groups (broad SMARTS) is 2. The fraction of sp³-hybridized carbons (Fsp3) is 0.368. The number of aliphatic hydroxyl groups excluding tert-OH is 1. The van der Waals surface area contributed by atoms with Crippen LogP contribution in [0, 0.1) is 150 Å². The Morgan fingerprint density at radius 2 is 0.627 bits per heavy atom. The van der Waals surface area contributed by atoms with Crippen molar-refractivity contribution in [3.05, 3.63) is 150 Å². The molecule has 0 amide bonds. The zero-order valence-corrected chi connectivity index (χ0v) is 43.1. The molecule has 1 aliphatic rings. The second kappa shape index (κ2) is 430. The number of rotatable bonds is 2. The molecule has 21 heteroatoms. The second-order valence-electron chi connectivity index (χ2n) is 4.75. The molecule has 3 radical (unpaired) electrons. The summed E-state index contributed by atoms with van der Waals surface area (Å²) in [4.78, 5) is 35.0. The summed E-state index contributed by atoms with van der Waals surface area (Å²) in [6.45, 7) is 47.2. The first-order valence-electron chi connectivity index (χ1n) is 11.8. The van der Waals surface area contributed by atoms with Crippen LogP contribution in [0.25, 0.3) is 0 Å². The fourth-order valence-corrected chi connectivity index (χ4v) is 0.343. The van der Waals surface area contributed by atoms with E-state index in [-0.39, 0.29) is 169 Å². The van der Waals surface area contributed by atoms with Crippen LogP contribution in [-0.2, 0) is 78.7 Å². The number of carbonyl (C=O) groups excluding carboxylic acids is 2. The van der Waals surface area contributed by atoms with Crippen molar-refractivity contribution < 1.29 is 136 Å². The zero-order chi connectivity index (χ0) is 35.9. The van der Waals surface area contributed by atoms with E-state index in [1.54, 1.807) is 23.0 Å². The van der Waals surface area contributed by atoms with Crippen LogP contribution in [0.15, 0.2) is 0 Å². The molecule has 1 atom stereocenters. The molecule has 0 aromatic heterocycles. The molecule has 13 N–H and O–H groups in total. The second-order valence-corrected chi connectivity index (χ2v) is 4.75. The van der Waals surface area contributed by atoms with Crippen LogP contribution >= 0.6 is 9.12 Å². The Balaban J connectivity index is -0.00000000607. The molecule has 0 aromatic carbocycles. The normalized spacial score (nSPS) is 6.15. The van der Waals surface area contributed by atoms with Crippen molar-refractivity contribution in [3.63, 3.8) is 0 Å². The van der Waals surface area contributed by atoms with Gasteiger partial charge >= 0.3 is 52.0 Å². The number of hydrogen-bond acceptors (Lipinski definition) is 11. The molecule has 1 fully saturated rings. The Bertz CT molecular complexity index is 366. The molecule has 0 aliphatic carbocycles. The van der Waals surface area contributed by atoms with E-state index in [4.69, 9.17) is 34.2 Å². The monoisotopic (exact) mass is 1030 g/mol. The summed E-state index contributed by atoms with van der Waals surface area (Å²) in [5, 5.41) is 22.4. The van der Waals surface area contributed by atoms with Gasteiger partial charge in [-0.25, -0.2) is 9.59 Å². The van der Waals surface area contributed by atoms with Gasteiger partial charge in [0.2, 0.25) is 38.5 Å². The minimum absolute atomic E-state index is 0. The summed E-state index contributed by atoms with van der Waals surface area (Å²) < 4.78 is 20.7. The van der Waals surface area contributed by atoms with E-state index in [1.165, 1.54) is 0 Å². The maximum Gasteiger partial charge on any atom is 2.00 e. The molecule has 1 saturated heterocycles. The summed E-state index contributed by atoms with van der Waals surface area (Å²) in [7, 11) is 2.72. The minimum atomic E-state index is -1.21. The standard InChI is InChI=1S/2C3H6O3.C3H6O.6C3H6.CO2.CH4O.9CH3.3Co.HOP.6H2O/c2*1-2-6-3(4)5;1-3-2-4-3;6*1-3-2;2-1-3;1-2;;;;;;;;;;;;;1-2;;;;;;/h2*2H2,1H3,(H,4,5);3H,2H2,1H3;6*1-3H2;;2H,1H3;9*1H3;;;;2H;6*1H2/q;;;6*+2;;;9*-1;;2*+2;;;;;;;/p-2. The molecule has 17 nitrogen and oxygen atoms in total. The quantitative estimate of drug-likeness (QED) is 0.102. The first-order valence-corrected chi connectivity index (χ1v) is 12.2. The Hall–Kier alpha value is -2.34. The molecule has 1 aliphatic heterocycles. The van der Waals surface area contributed by atoms with Crippen LogP contribution in [0.5, 0.6) is 0 Å². The molecule has 377 valence electrons. The van der Waals surface area contributed by atoms with Gasteiger partial charge in [-0.15, -0.1) is 0 Å². The largest absolute Gasteiger partial charge is 2.00 e. The molecule has 1 unspecified atom stereocenters. The average molecular weight is 1030 g/mol. The summed E-state index contributed by atoms with van der Waals surface area (Å²) >= 11 is 0. The van der Waals surface area contributed by atoms with Gasteiger partial charge in [0.05, 0.1) is 25.9 Å². The van der Waals surface area contributed by atoms with Crippen LogP contribution in [0.2, 0.25) is 0 Å². The van der Waals surface area contributed by atoms with Gasteiger partial charge in [-0.3, -0.25) is 4.57 Å². The van der Waals surface area contributed by atoms with Crippen LogP contribution in [0.4, 0.5) is 9.59 Å². The predicted molar refractivity (Wildman–Crippen MR) is 245 cm³/mol. The van der Waals surface area contributed by atoms with Gasteiger partial charge in [-0.05, 0) is 20.8 Å². The summed E-state index contributed by atoms with van der Waals surface area (Å²) in [6.07, 6.45) is 2.91. The number of hydrogen-bond donors (Lipinski definition) is 3. The van der Waals surface area contributed by atoms with Crippen LogP contribution in [0.1, 0.15) is 59.3 Å². The van der Waals surface area contributed by atoms with Crippen molar-refractivity contribution in [1.82, 2.24) is 0 Å². The molecule has 1 rings (SSSR count). The van der Waals surface area contributed by atoms with Crippen molar-refractivity contribution in [2.24, 2.45) is 0 Å². The summed E-state index contributed by atoms with van der Waals surface area (Å²) in [5.41, 5.74) is 0. The predicted octanol–water partition coefficient (Wildman–Crippen LogP) is 7.97. The van der Waals surface area contributed by atoms with E-state index < -0.39 is 12.3 Å². The topological polar surface area (TPSA) is 363 Å². The van der Waals surface area contributed by atoms with Gasteiger partial charge in [0.25, 0.3) is 0 Å². The Morgan fingerprint density at radius 1 is 0.559 bits per heavy atom. The molecule has 0 saturated carbocycles. The summed E-state index contributed by atoms with van der Waals surface area (Å²) in [5.74, 6) is 0. The summed E-state index contributed by atoms with van der Waals surface area (Å²) in [6, 6.07) is 0. The Morgan fingerprint density at radius 3 is 0.627 bits per heavy atom. The van der Waals surface area contributed by atoms with Crippen LogP contribution < -0.4 is 0 Å². The van der Waals surface area contributed by atoms with E-state index >= 15 is 0 Å². The van der Waals surface area contributed by atoms with Gasteiger partial charge in [0.1, 0.15) is 92.2 Å². The number of ether oxygens (including phenoxy) is 3. The fourth-order valence-electron chi connectivity index (χ4n) is 0.343. The molecule has 59 heavy (non-hydrogen) atoms. The smallest absolute Gasteiger partial charge is 0.870 e. The van der Waals surface area contributed by atoms with E-state index in [9.17, 15) is 9.59 Å². The molecule has 1 heterocycles. The average Bonchev–Trinajstić information content (AvgIpc) is 3.68. The molecular weight excluding hydrogens is 936 g/mol. The zero-order valence-electron chi connectivity index (χ0n) is 38.9. The first kappa shape index (κ1) is 229. The van der Waals surface area contributed by atoms with Crippen molar-refractivity contribution in [3.8, 4) is 0 Å². The minimum Gasteiger partial charge on any atom is -0.870 e. The molecule has 0 aromatic rings. The van der Waals surface area contributed by atoms with E-state index in [1.807, 2.05) is 0 Å². The Kier molecular flexibility index (Phi) is 1670. The van der Waals surface area contributed by atoms with Crippen molar-refractivity contribution >= 4 is 27.6 Å². The van der Waals surface area contributed by atoms with Crippen molar-refractivity contribution in [2.75, 3.05) is 26.9 Å². The van der Waals surface area contributed by atoms with Crippen LogP contribution in [0.3, 0.4) is 0 Å². The third-order valence-electron chi connectivity index (χ3n) is 1.04. The third-order valence-corrected chi connectivity index (χ3v) is 1.04. The van der Waals surface area contributed by atoms with Crippen molar-refractivity contribution in [2.45, 2.75) is 65.4 Å². The number of carbonyl (C=O) groups is 2. The molecular formula is C38H96Co3O17P+5. The third kappa shape index (κ3) is 3610. The van der Waals surface area contributed by atoms with E-state index in [0.717, 1.165) is 52.2 Å².